The van der Waals surface area contributed by atoms with E-state index in [0.717, 1.165) is 48.0 Å². The molecule has 0 radical (unpaired) electrons. The summed E-state index contributed by atoms with van der Waals surface area (Å²) in [6.45, 7) is 1.47. The van der Waals surface area contributed by atoms with E-state index in [4.69, 9.17) is 10.5 Å². The van der Waals surface area contributed by atoms with Crippen LogP contribution in [0.3, 0.4) is 0 Å². The highest BCUT2D eigenvalue weighted by Crippen LogP contribution is 2.30. The van der Waals surface area contributed by atoms with Gasteiger partial charge in [0.25, 0.3) is 0 Å². The molecule has 1 fully saturated rings. The van der Waals surface area contributed by atoms with Crippen LogP contribution in [0, 0.1) is 5.92 Å². The lowest BCUT2D eigenvalue weighted by Crippen LogP contribution is -2.49. The van der Waals surface area contributed by atoms with Gasteiger partial charge in [-0.1, -0.05) is 30.3 Å². The van der Waals surface area contributed by atoms with Crippen LogP contribution in [-0.4, -0.2) is 41.4 Å². The molecule has 2 unspecified atom stereocenters. The number of nitrogens with two attached hydrogens (primary N) is 1. The van der Waals surface area contributed by atoms with Crippen LogP contribution in [0.1, 0.15) is 42.9 Å². The smallest absolute Gasteiger partial charge is 0.119 e. The van der Waals surface area contributed by atoms with Crippen molar-refractivity contribution in [3.63, 3.8) is 0 Å². The highest BCUT2D eigenvalue weighted by atomic mass is 16.5. The summed E-state index contributed by atoms with van der Waals surface area (Å²) in [5, 5.41) is 11.9. The first-order chi connectivity index (χ1) is 15.1. The zero-order valence-corrected chi connectivity index (χ0v) is 18.3. The molecular formula is C26H33N3O2. The van der Waals surface area contributed by atoms with Crippen molar-refractivity contribution < 1.29 is 9.84 Å². The fourth-order valence-corrected chi connectivity index (χ4v) is 4.74. The lowest BCUT2D eigenvalue weighted by Gasteiger charge is -2.38. The predicted molar refractivity (Wildman–Crippen MR) is 125 cm³/mol. The maximum atomic E-state index is 11.0. The Kier molecular flexibility index (Phi) is 7.17. The molecule has 5 nitrogen and oxygen atoms in total. The van der Waals surface area contributed by atoms with Gasteiger partial charge in [-0.25, -0.2) is 0 Å². The number of methoxy groups -OCH3 is 1. The first-order valence-corrected chi connectivity index (χ1v) is 11.3. The number of hydrogen-bond acceptors (Lipinski definition) is 5. The second kappa shape index (κ2) is 10.2. The van der Waals surface area contributed by atoms with Crippen molar-refractivity contribution in [2.75, 3.05) is 20.2 Å². The molecule has 0 saturated carbocycles. The van der Waals surface area contributed by atoms with Crippen LogP contribution >= 0.6 is 0 Å². The molecule has 4 rings (SSSR count). The number of benzene rings is 2. The van der Waals surface area contributed by atoms with E-state index in [-0.39, 0.29) is 6.17 Å². The van der Waals surface area contributed by atoms with Crippen molar-refractivity contribution in [1.82, 2.24) is 9.88 Å². The average Bonchev–Trinajstić information content (AvgIpc) is 2.80. The number of fused-ring (bicyclic) bond motifs is 1. The molecule has 1 aromatic heterocycles. The largest absolute Gasteiger partial charge is 0.497 e. The Bertz CT molecular complexity index is 979. The third kappa shape index (κ3) is 5.42. The molecular weight excluding hydrogens is 386 g/mol. The summed E-state index contributed by atoms with van der Waals surface area (Å²) in [6, 6.07) is 18.4. The Morgan fingerprint density at radius 2 is 2.03 bits per heavy atom. The molecule has 2 aromatic carbocycles. The van der Waals surface area contributed by atoms with Crippen LogP contribution in [0.4, 0.5) is 0 Å². The molecule has 3 aromatic rings. The lowest BCUT2D eigenvalue weighted by atomic mass is 9.89. The summed E-state index contributed by atoms with van der Waals surface area (Å²) in [5.41, 5.74) is 9.67. The Hall–Kier alpha value is -2.47. The minimum atomic E-state index is -0.613. The van der Waals surface area contributed by atoms with Gasteiger partial charge in [-0.15, -0.1) is 0 Å². The van der Waals surface area contributed by atoms with Gasteiger partial charge in [0.15, 0.2) is 0 Å². The van der Waals surface area contributed by atoms with Gasteiger partial charge < -0.3 is 15.6 Å². The normalized spacial score (nSPS) is 20.6. The fourth-order valence-electron chi connectivity index (χ4n) is 4.74. The standard InChI is InChI=1S/C26H33N3O2/c1-31-21-10-11-24-23(17-21)22(12-14-28-24)25(30)18-29-15-13-20(16-26(29)27)9-5-8-19-6-3-2-4-7-19/h2-4,6-7,10-12,14,17,20,25-26,30H,5,8-9,13,15-16,18,27H2,1H3/t20?,25?,26-/m1/s1. The van der Waals surface area contributed by atoms with Gasteiger partial charge in [0.05, 0.1) is 24.9 Å². The Labute approximate surface area is 184 Å². The Morgan fingerprint density at radius 3 is 2.81 bits per heavy atom. The topological polar surface area (TPSA) is 71.6 Å². The number of pyridine rings is 1. The highest BCUT2D eigenvalue weighted by molar-refractivity contribution is 5.83. The number of hydrogen-bond donors (Lipinski definition) is 2. The van der Waals surface area contributed by atoms with Gasteiger partial charge in [-0.2, -0.15) is 0 Å². The van der Waals surface area contributed by atoms with Gasteiger partial charge in [0, 0.05) is 24.7 Å². The molecule has 0 spiro atoms. The molecule has 3 atom stereocenters. The minimum absolute atomic E-state index is 0.00670. The van der Waals surface area contributed by atoms with E-state index in [9.17, 15) is 5.11 Å². The third-order valence-corrected chi connectivity index (χ3v) is 6.54. The predicted octanol–water partition coefficient (Wildman–Crippen LogP) is 4.30. The number of ether oxygens (including phenoxy) is 1. The molecule has 164 valence electrons. The zero-order chi connectivity index (χ0) is 21.6. The van der Waals surface area contributed by atoms with E-state index < -0.39 is 6.10 Å². The molecule has 31 heavy (non-hydrogen) atoms. The fraction of sp³-hybridized carbons (Fsp3) is 0.423. The average molecular weight is 420 g/mol. The molecule has 2 heterocycles. The van der Waals surface area contributed by atoms with E-state index >= 15 is 0 Å². The summed E-state index contributed by atoms with van der Waals surface area (Å²) in [4.78, 5) is 6.64. The number of aryl methyl sites for hydroxylation is 1. The monoisotopic (exact) mass is 419 g/mol. The lowest BCUT2D eigenvalue weighted by molar-refractivity contribution is 0.0515. The summed E-state index contributed by atoms with van der Waals surface area (Å²) >= 11 is 0. The molecule has 0 aliphatic carbocycles. The first-order valence-electron chi connectivity index (χ1n) is 11.3. The van der Waals surface area contributed by atoms with Crippen molar-refractivity contribution in [2.24, 2.45) is 11.7 Å². The second-order valence-electron chi connectivity index (χ2n) is 8.63. The Morgan fingerprint density at radius 1 is 1.19 bits per heavy atom. The van der Waals surface area contributed by atoms with Crippen LogP contribution in [-0.2, 0) is 6.42 Å². The van der Waals surface area contributed by atoms with Crippen LogP contribution in [0.5, 0.6) is 5.75 Å². The van der Waals surface area contributed by atoms with Crippen LogP contribution in [0.25, 0.3) is 10.9 Å². The van der Waals surface area contributed by atoms with Crippen molar-refractivity contribution in [1.29, 1.82) is 0 Å². The van der Waals surface area contributed by atoms with Gasteiger partial charge in [-0.05, 0) is 73.4 Å². The van der Waals surface area contributed by atoms with Crippen LogP contribution < -0.4 is 10.5 Å². The van der Waals surface area contributed by atoms with E-state index in [1.54, 1.807) is 13.3 Å². The van der Waals surface area contributed by atoms with Crippen LogP contribution in [0.2, 0.25) is 0 Å². The van der Waals surface area contributed by atoms with Gasteiger partial charge in [0.2, 0.25) is 0 Å². The minimum Gasteiger partial charge on any atom is -0.497 e. The van der Waals surface area contributed by atoms with E-state index in [0.29, 0.717) is 12.5 Å². The number of β-amino-alcohol motifs (C(OH)–C–C–N with tert-alkyl or cyclic N) is 1. The second-order valence-corrected chi connectivity index (χ2v) is 8.63. The summed E-state index contributed by atoms with van der Waals surface area (Å²) in [6.07, 6.45) is 6.82. The van der Waals surface area contributed by atoms with E-state index in [2.05, 4.69) is 40.2 Å². The molecule has 3 N–H and O–H groups in total. The van der Waals surface area contributed by atoms with E-state index in [1.165, 1.54) is 18.4 Å². The molecule has 1 aliphatic rings. The van der Waals surface area contributed by atoms with Gasteiger partial charge in [0.1, 0.15) is 5.75 Å². The molecule has 0 amide bonds. The van der Waals surface area contributed by atoms with Crippen LogP contribution in [0.15, 0.2) is 60.8 Å². The highest BCUT2D eigenvalue weighted by Gasteiger charge is 2.27. The summed E-state index contributed by atoms with van der Waals surface area (Å²) in [7, 11) is 1.65. The maximum Gasteiger partial charge on any atom is 0.119 e. The number of aliphatic hydroxyl groups excluding tert-OH is 1. The SMILES string of the molecule is COc1ccc2nccc(C(O)CN3CCC(CCCc4ccccc4)C[C@@H]3N)c2c1. The number of nitrogens with zero attached hydrogens (tertiary/aromatic N) is 2. The summed E-state index contributed by atoms with van der Waals surface area (Å²) < 4.78 is 5.36. The Balaban J connectivity index is 1.33. The number of likely N-dealkylation sites (tertiary alicyclic amines) is 1. The molecule has 1 saturated heterocycles. The van der Waals surface area contributed by atoms with E-state index in [1.807, 2.05) is 24.3 Å². The first kappa shape index (κ1) is 21.8. The van der Waals surface area contributed by atoms with Crippen molar-refractivity contribution >= 4 is 10.9 Å². The quantitative estimate of drug-likeness (QED) is 0.570. The maximum absolute atomic E-state index is 11.0. The number of aromatic nitrogens is 1. The molecule has 0 bridgehead atoms. The van der Waals surface area contributed by atoms with Crippen molar-refractivity contribution in [2.45, 2.75) is 44.4 Å². The van der Waals surface area contributed by atoms with Crippen molar-refractivity contribution in [3.8, 4) is 5.75 Å². The number of piperidine rings is 1. The number of rotatable bonds is 8. The van der Waals surface area contributed by atoms with Crippen molar-refractivity contribution in [3.05, 3.63) is 71.9 Å². The van der Waals surface area contributed by atoms with Gasteiger partial charge in [-0.3, -0.25) is 9.88 Å². The molecule has 1 aliphatic heterocycles. The number of aliphatic hydroxyl groups is 1. The third-order valence-electron chi connectivity index (χ3n) is 6.54. The zero-order valence-electron chi connectivity index (χ0n) is 18.3. The van der Waals surface area contributed by atoms with Gasteiger partial charge >= 0.3 is 0 Å². The molecule has 5 heteroatoms. The summed E-state index contributed by atoms with van der Waals surface area (Å²) in [5.74, 6) is 1.43.